The van der Waals surface area contributed by atoms with Gasteiger partial charge in [-0.2, -0.15) is 4.98 Å². The van der Waals surface area contributed by atoms with Gasteiger partial charge in [0.1, 0.15) is 0 Å². The molecule has 2 heterocycles. The lowest BCUT2D eigenvalue weighted by atomic mass is 10.1. The fourth-order valence-corrected chi connectivity index (χ4v) is 5.15. The molecule has 0 radical (unpaired) electrons. The molecule has 0 amide bonds. The van der Waals surface area contributed by atoms with Crippen LogP contribution in [0.3, 0.4) is 0 Å². The second-order valence-corrected chi connectivity index (χ2v) is 10.6. The van der Waals surface area contributed by atoms with Crippen LogP contribution in [0.2, 0.25) is 0 Å². The molecule has 1 aliphatic rings. The molecule has 0 atom stereocenters. The summed E-state index contributed by atoms with van der Waals surface area (Å²) in [6.07, 6.45) is 2.52. The quantitative estimate of drug-likeness (QED) is 0.417. The van der Waals surface area contributed by atoms with Gasteiger partial charge in [-0.25, -0.2) is 31.3 Å². The summed E-state index contributed by atoms with van der Waals surface area (Å²) in [5.41, 5.74) is 1.85. The summed E-state index contributed by atoms with van der Waals surface area (Å²) < 4.78 is 62.4. The van der Waals surface area contributed by atoms with Crippen LogP contribution in [0.1, 0.15) is 5.56 Å². The number of rotatable bonds is 6. The van der Waals surface area contributed by atoms with E-state index in [4.69, 9.17) is 5.14 Å². The SMILES string of the molecule is CS(=O)(=O)c1c(Nc2nc(Nc3cccc(S(N)(=O)=O)c3)ncc2F)ccc2c1CCN2. The minimum Gasteiger partial charge on any atom is -0.384 e. The Hall–Kier alpha value is -3.29. The number of fused-ring (bicyclic) bond motifs is 1. The zero-order chi connectivity index (χ0) is 23.1. The van der Waals surface area contributed by atoms with Gasteiger partial charge in [0.05, 0.1) is 21.7 Å². The third-order valence-electron chi connectivity index (χ3n) is 4.74. The molecule has 3 aromatic rings. The van der Waals surface area contributed by atoms with Gasteiger partial charge in [-0.1, -0.05) is 6.07 Å². The normalized spacial score (nSPS) is 13.3. The Morgan fingerprint density at radius 3 is 2.62 bits per heavy atom. The van der Waals surface area contributed by atoms with E-state index in [0.717, 1.165) is 18.1 Å². The van der Waals surface area contributed by atoms with Gasteiger partial charge in [0.25, 0.3) is 0 Å². The fourth-order valence-electron chi connectivity index (χ4n) is 3.41. The highest BCUT2D eigenvalue weighted by Crippen LogP contribution is 2.36. The monoisotopic (exact) mass is 478 g/mol. The number of nitrogens with two attached hydrogens (primary N) is 1. The van der Waals surface area contributed by atoms with Gasteiger partial charge < -0.3 is 16.0 Å². The molecule has 1 aromatic heterocycles. The zero-order valence-corrected chi connectivity index (χ0v) is 18.4. The summed E-state index contributed by atoms with van der Waals surface area (Å²) in [6.45, 7) is 0.606. The number of benzene rings is 2. The average molecular weight is 479 g/mol. The molecular formula is C19H19FN6O4S2. The van der Waals surface area contributed by atoms with E-state index in [0.29, 0.717) is 24.2 Å². The number of nitrogens with one attached hydrogen (secondary N) is 3. The topological polar surface area (TPSA) is 156 Å². The highest BCUT2D eigenvalue weighted by molar-refractivity contribution is 7.91. The van der Waals surface area contributed by atoms with E-state index in [2.05, 4.69) is 25.9 Å². The Balaban J connectivity index is 1.68. The molecule has 2 aromatic carbocycles. The number of aromatic nitrogens is 2. The van der Waals surface area contributed by atoms with Gasteiger partial charge in [-0.15, -0.1) is 0 Å². The molecule has 0 bridgehead atoms. The van der Waals surface area contributed by atoms with Gasteiger partial charge in [-0.3, -0.25) is 0 Å². The maximum Gasteiger partial charge on any atom is 0.238 e. The van der Waals surface area contributed by atoms with Crippen LogP contribution in [0.25, 0.3) is 0 Å². The number of hydrogen-bond donors (Lipinski definition) is 4. The molecule has 0 unspecified atom stereocenters. The minimum atomic E-state index is -3.91. The largest absolute Gasteiger partial charge is 0.384 e. The predicted octanol–water partition coefficient (Wildman–Crippen LogP) is 2.12. The lowest BCUT2D eigenvalue weighted by Gasteiger charge is -2.15. The van der Waals surface area contributed by atoms with Gasteiger partial charge in [0.2, 0.25) is 16.0 Å². The van der Waals surface area contributed by atoms with Gasteiger partial charge in [0.15, 0.2) is 21.5 Å². The maximum absolute atomic E-state index is 14.4. The molecule has 0 saturated carbocycles. The van der Waals surface area contributed by atoms with Crippen LogP contribution in [-0.2, 0) is 26.3 Å². The first-order valence-electron chi connectivity index (χ1n) is 9.31. The van der Waals surface area contributed by atoms with Crippen molar-refractivity contribution in [1.29, 1.82) is 0 Å². The number of hydrogen-bond acceptors (Lipinski definition) is 9. The first-order chi connectivity index (χ1) is 15.0. The standard InChI is InChI=1S/C19H19FN6O4S2/c1-31(27,28)17-13-7-8-22-15(13)5-6-16(17)25-18-14(20)10-23-19(26-18)24-11-3-2-4-12(9-11)32(21,29)30/h2-6,9-10,22H,7-8H2,1H3,(H2,21,29,30)(H2,23,24,25,26). The molecule has 5 N–H and O–H groups in total. The molecule has 10 nitrogen and oxygen atoms in total. The zero-order valence-electron chi connectivity index (χ0n) is 16.8. The van der Waals surface area contributed by atoms with Crippen LogP contribution in [0.4, 0.5) is 33.2 Å². The van der Waals surface area contributed by atoms with Crippen molar-refractivity contribution in [2.75, 3.05) is 28.8 Å². The molecule has 13 heteroatoms. The third kappa shape index (κ3) is 4.49. The van der Waals surface area contributed by atoms with Crippen molar-refractivity contribution < 1.29 is 21.2 Å². The highest BCUT2D eigenvalue weighted by Gasteiger charge is 2.25. The molecule has 0 fully saturated rings. The van der Waals surface area contributed by atoms with E-state index in [-0.39, 0.29) is 27.2 Å². The van der Waals surface area contributed by atoms with Crippen molar-refractivity contribution in [1.82, 2.24) is 9.97 Å². The minimum absolute atomic E-state index is 0.0378. The first-order valence-corrected chi connectivity index (χ1v) is 12.8. The summed E-state index contributed by atoms with van der Waals surface area (Å²) in [4.78, 5) is 7.88. The van der Waals surface area contributed by atoms with Crippen molar-refractivity contribution in [3.8, 4) is 0 Å². The third-order valence-corrected chi connectivity index (χ3v) is 6.86. The molecule has 0 aliphatic carbocycles. The Morgan fingerprint density at radius 2 is 1.91 bits per heavy atom. The molecule has 32 heavy (non-hydrogen) atoms. The van der Waals surface area contributed by atoms with E-state index >= 15 is 0 Å². The van der Waals surface area contributed by atoms with E-state index < -0.39 is 25.7 Å². The molecule has 0 spiro atoms. The van der Waals surface area contributed by atoms with Crippen molar-refractivity contribution in [3.63, 3.8) is 0 Å². The van der Waals surface area contributed by atoms with E-state index in [1.807, 2.05) is 0 Å². The summed E-state index contributed by atoms with van der Waals surface area (Å²) in [5.74, 6) is -1.09. The molecule has 168 valence electrons. The van der Waals surface area contributed by atoms with Crippen LogP contribution in [0, 0.1) is 5.82 Å². The second kappa shape index (κ2) is 8.00. The maximum atomic E-state index is 14.4. The number of anilines is 5. The van der Waals surface area contributed by atoms with E-state index in [1.54, 1.807) is 12.1 Å². The van der Waals surface area contributed by atoms with Crippen LogP contribution in [0.15, 0.2) is 52.4 Å². The van der Waals surface area contributed by atoms with Crippen molar-refractivity contribution in [2.45, 2.75) is 16.2 Å². The lowest BCUT2D eigenvalue weighted by molar-refractivity contribution is 0.597. The molecule has 1 aliphatic heterocycles. The van der Waals surface area contributed by atoms with Gasteiger partial charge in [0, 0.05) is 24.2 Å². The Labute approximate surface area is 184 Å². The van der Waals surface area contributed by atoms with Gasteiger partial charge in [-0.05, 0) is 42.3 Å². The van der Waals surface area contributed by atoms with Crippen molar-refractivity contribution >= 4 is 48.7 Å². The smallest absolute Gasteiger partial charge is 0.238 e. The van der Waals surface area contributed by atoms with Crippen LogP contribution in [0.5, 0.6) is 0 Å². The molecule has 0 saturated heterocycles. The van der Waals surface area contributed by atoms with Crippen molar-refractivity contribution in [2.24, 2.45) is 5.14 Å². The predicted molar refractivity (Wildman–Crippen MR) is 118 cm³/mol. The number of sulfonamides is 1. The van der Waals surface area contributed by atoms with E-state index in [1.165, 1.54) is 24.3 Å². The van der Waals surface area contributed by atoms with E-state index in [9.17, 15) is 21.2 Å². The molecule has 4 rings (SSSR count). The Bertz CT molecular complexity index is 1430. The van der Waals surface area contributed by atoms with Crippen LogP contribution in [-0.4, -0.2) is 39.6 Å². The summed E-state index contributed by atoms with van der Waals surface area (Å²) in [6, 6.07) is 8.90. The summed E-state index contributed by atoms with van der Waals surface area (Å²) in [5, 5.41) is 13.8. The number of primary sulfonamides is 1. The number of sulfone groups is 1. The van der Waals surface area contributed by atoms with Gasteiger partial charge >= 0.3 is 0 Å². The average Bonchev–Trinajstić information content (AvgIpc) is 3.17. The Morgan fingerprint density at radius 1 is 1.12 bits per heavy atom. The van der Waals surface area contributed by atoms with Crippen LogP contribution >= 0.6 is 0 Å². The lowest BCUT2D eigenvalue weighted by Crippen LogP contribution is -2.12. The fraction of sp³-hybridized carbons (Fsp3) is 0.158. The van der Waals surface area contributed by atoms with Crippen molar-refractivity contribution in [3.05, 3.63) is 54.0 Å². The Kier molecular flexibility index (Phi) is 5.48. The number of halogens is 1. The molecular weight excluding hydrogens is 459 g/mol. The summed E-state index contributed by atoms with van der Waals surface area (Å²) in [7, 11) is -7.53. The number of nitrogens with zero attached hydrogens (tertiary/aromatic N) is 2. The van der Waals surface area contributed by atoms with Crippen LogP contribution < -0.4 is 21.1 Å². The highest BCUT2D eigenvalue weighted by atomic mass is 32.2. The second-order valence-electron chi connectivity index (χ2n) is 7.13. The summed E-state index contributed by atoms with van der Waals surface area (Å²) >= 11 is 0. The first kappa shape index (κ1) is 21.9.